The first-order chi connectivity index (χ1) is 8.53. The van der Waals surface area contributed by atoms with Gasteiger partial charge in [0.2, 0.25) is 0 Å². The number of fused-ring (bicyclic) bond motifs is 1. The molecule has 1 aromatic heterocycles. The van der Waals surface area contributed by atoms with Crippen LogP contribution in [-0.4, -0.2) is 30.3 Å². The van der Waals surface area contributed by atoms with Crippen LogP contribution in [0.15, 0.2) is 22.6 Å². The second-order valence-electron chi connectivity index (χ2n) is 5.25. The van der Waals surface area contributed by atoms with Crippen LogP contribution in [0, 0.1) is 0 Å². The van der Waals surface area contributed by atoms with Crippen LogP contribution in [0.1, 0.15) is 13.8 Å². The fourth-order valence-electron chi connectivity index (χ4n) is 2.25. The summed E-state index contributed by atoms with van der Waals surface area (Å²) in [5.41, 5.74) is 7.84. The second-order valence-corrected chi connectivity index (χ2v) is 5.25. The average molecular weight is 247 g/mol. The quantitative estimate of drug-likeness (QED) is 0.781. The van der Waals surface area contributed by atoms with Crippen molar-refractivity contribution in [3.63, 3.8) is 0 Å². The van der Waals surface area contributed by atoms with E-state index in [2.05, 4.69) is 23.7 Å². The minimum atomic E-state index is -0.169. The van der Waals surface area contributed by atoms with Crippen molar-refractivity contribution >= 4 is 22.8 Å². The van der Waals surface area contributed by atoms with Crippen molar-refractivity contribution in [3.8, 4) is 0 Å². The molecule has 0 aliphatic carbocycles. The van der Waals surface area contributed by atoms with Crippen molar-refractivity contribution in [1.82, 2.24) is 4.98 Å². The van der Waals surface area contributed by atoms with Gasteiger partial charge in [-0.2, -0.15) is 4.98 Å². The Kier molecular flexibility index (Phi) is 2.45. The lowest BCUT2D eigenvalue weighted by Gasteiger charge is -2.37. The third kappa shape index (κ3) is 2.01. The third-order valence-corrected chi connectivity index (χ3v) is 3.10. The number of morpholine rings is 1. The van der Waals surface area contributed by atoms with E-state index in [-0.39, 0.29) is 5.60 Å². The molecule has 2 heterocycles. The Morgan fingerprint density at radius 3 is 3.00 bits per heavy atom. The molecule has 96 valence electrons. The molecule has 0 amide bonds. The molecule has 0 atom stereocenters. The van der Waals surface area contributed by atoms with Crippen molar-refractivity contribution in [1.29, 1.82) is 0 Å². The van der Waals surface area contributed by atoms with Gasteiger partial charge in [-0.1, -0.05) is 0 Å². The van der Waals surface area contributed by atoms with Gasteiger partial charge >= 0.3 is 0 Å². The molecule has 2 aromatic rings. The molecule has 0 spiro atoms. The number of oxazole rings is 1. The number of nitrogens with two attached hydrogens (primary N) is 1. The molecule has 0 radical (unpaired) electrons. The molecular formula is C13H17N3O2. The first kappa shape index (κ1) is 11.3. The topological polar surface area (TPSA) is 64.5 Å². The van der Waals surface area contributed by atoms with Crippen LogP contribution < -0.4 is 10.6 Å². The Balaban J connectivity index is 1.94. The summed E-state index contributed by atoms with van der Waals surface area (Å²) in [5, 5.41) is 0. The van der Waals surface area contributed by atoms with E-state index >= 15 is 0 Å². The third-order valence-electron chi connectivity index (χ3n) is 3.10. The van der Waals surface area contributed by atoms with Gasteiger partial charge in [0.15, 0.2) is 5.58 Å². The van der Waals surface area contributed by atoms with Gasteiger partial charge in [-0.25, -0.2) is 0 Å². The fraction of sp³-hybridized carbons (Fsp3) is 0.462. The fourth-order valence-corrected chi connectivity index (χ4v) is 2.25. The predicted molar refractivity (Wildman–Crippen MR) is 70.7 cm³/mol. The maximum atomic E-state index is 5.76. The van der Waals surface area contributed by atoms with Crippen LogP contribution >= 0.6 is 0 Å². The summed E-state index contributed by atoms with van der Waals surface area (Å²) < 4.78 is 11.4. The normalized spacial score (nSPS) is 19.3. The Morgan fingerprint density at radius 2 is 2.22 bits per heavy atom. The summed E-state index contributed by atoms with van der Waals surface area (Å²) in [6.07, 6.45) is 0. The molecule has 3 rings (SSSR count). The van der Waals surface area contributed by atoms with Crippen molar-refractivity contribution < 1.29 is 9.15 Å². The van der Waals surface area contributed by atoms with Crippen molar-refractivity contribution in [2.24, 2.45) is 0 Å². The smallest absolute Gasteiger partial charge is 0.298 e. The molecular weight excluding hydrogens is 230 g/mol. The number of nitrogen functional groups attached to an aromatic ring is 1. The first-order valence-electron chi connectivity index (χ1n) is 6.08. The maximum absolute atomic E-state index is 5.76. The molecule has 0 saturated carbocycles. The van der Waals surface area contributed by atoms with Crippen LogP contribution in [-0.2, 0) is 4.74 Å². The number of nitrogens with zero attached hydrogens (tertiary/aromatic N) is 2. The molecule has 1 saturated heterocycles. The number of aromatic nitrogens is 1. The van der Waals surface area contributed by atoms with E-state index in [1.807, 2.05) is 18.2 Å². The highest BCUT2D eigenvalue weighted by molar-refractivity contribution is 5.78. The molecule has 0 unspecified atom stereocenters. The zero-order chi connectivity index (χ0) is 12.8. The largest absolute Gasteiger partial charge is 0.423 e. The van der Waals surface area contributed by atoms with Gasteiger partial charge in [0.1, 0.15) is 5.52 Å². The van der Waals surface area contributed by atoms with E-state index in [9.17, 15) is 0 Å². The lowest BCUT2D eigenvalue weighted by molar-refractivity contribution is -0.0289. The van der Waals surface area contributed by atoms with Crippen LogP contribution in [0.2, 0.25) is 0 Å². The summed E-state index contributed by atoms with van der Waals surface area (Å²) in [4.78, 5) is 6.60. The summed E-state index contributed by atoms with van der Waals surface area (Å²) in [5.74, 6) is 0. The Labute approximate surface area is 106 Å². The zero-order valence-electron chi connectivity index (χ0n) is 10.6. The van der Waals surface area contributed by atoms with Gasteiger partial charge in [0.05, 0.1) is 18.8 Å². The molecule has 1 aromatic carbocycles. The van der Waals surface area contributed by atoms with Gasteiger partial charge in [0, 0.05) is 12.2 Å². The number of rotatable bonds is 1. The van der Waals surface area contributed by atoms with Crippen molar-refractivity contribution in [2.45, 2.75) is 19.4 Å². The van der Waals surface area contributed by atoms with E-state index in [1.165, 1.54) is 0 Å². The van der Waals surface area contributed by atoms with E-state index in [4.69, 9.17) is 14.9 Å². The zero-order valence-corrected chi connectivity index (χ0v) is 10.6. The van der Waals surface area contributed by atoms with Gasteiger partial charge in [-0.3, -0.25) is 0 Å². The second kappa shape index (κ2) is 3.88. The maximum Gasteiger partial charge on any atom is 0.298 e. The number of anilines is 2. The molecule has 1 aliphatic rings. The SMILES string of the molecule is CC1(C)CN(c2nc3cc(N)ccc3o2)CCO1. The lowest BCUT2D eigenvalue weighted by atomic mass is 10.1. The Bertz CT molecular complexity index is 577. The number of hydrogen-bond donors (Lipinski definition) is 1. The van der Waals surface area contributed by atoms with E-state index in [1.54, 1.807) is 0 Å². The molecule has 1 fully saturated rings. The minimum absolute atomic E-state index is 0.169. The van der Waals surface area contributed by atoms with E-state index in [0.29, 0.717) is 18.3 Å². The highest BCUT2D eigenvalue weighted by atomic mass is 16.5. The van der Waals surface area contributed by atoms with Gasteiger partial charge in [-0.15, -0.1) is 0 Å². The molecule has 5 nitrogen and oxygen atoms in total. The van der Waals surface area contributed by atoms with Crippen LogP contribution in [0.4, 0.5) is 11.7 Å². The Morgan fingerprint density at radius 1 is 1.39 bits per heavy atom. The van der Waals surface area contributed by atoms with Gasteiger partial charge in [0.25, 0.3) is 6.01 Å². The predicted octanol–water partition coefficient (Wildman–Crippen LogP) is 2.03. The van der Waals surface area contributed by atoms with Crippen LogP contribution in [0.3, 0.4) is 0 Å². The molecule has 5 heteroatoms. The van der Waals surface area contributed by atoms with Gasteiger partial charge < -0.3 is 19.8 Å². The van der Waals surface area contributed by atoms with Gasteiger partial charge in [-0.05, 0) is 32.0 Å². The molecule has 2 N–H and O–H groups in total. The van der Waals surface area contributed by atoms with Crippen LogP contribution in [0.5, 0.6) is 0 Å². The monoisotopic (exact) mass is 247 g/mol. The molecule has 0 bridgehead atoms. The van der Waals surface area contributed by atoms with Crippen molar-refractivity contribution in [3.05, 3.63) is 18.2 Å². The average Bonchev–Trinajstić information content (AvgIpc) is 2.70. The first-order valence-corrected chi connectivity index (χ1v) is 6.08. The summed E-state index contributed by atoms with van der Waals surface area (Å²) >= 11 is 0. The van der Waals surface area contributed by atoms with Crippen LogP contribution in [0.25, 0.3) is 11.1 Å². The molecule has 18 heavy (non-hydrogen) atoms. The summed E-state index contributed by atoms with van der Waals surface area (Å²) in [6.45, 7) is 6.40. The minimum Gasteiger partial charge on any atom is -0.423 e. The number of ether oxygens (including phenoxy) is 1. The highest BCUT2D eigenvalue weighted by Gasteiger charge is 2.29. The summed E-state index contributed by atoms with van der Waals surface area (Å²) in [6, 6.07) is 6.15. The lowest BCUT2D eigenvalue weighted by Crippen LogP contribution is -2.48. The highest BCUT2D eigenvalue weighted by Crippen LogP contribution is 2.27. The van der Waals surface area contributed by atoms with Crippen molar-refractivity contribution in [2.75, 3.05) is 30.3 Å². The standard InChI is InChI=1S/C13H17N3O2/c1-13(2)8-16(5-6-17-13)12-15-10-7-9(14)3-4-11(10)18-12/h3-4,7H,5-6,8,14H2,1-2H3. The summed E-state index contributed by atoms with van der Waals surface area (Å²) in [7, 11) is 0. The number of hydrogen-bond acceptors (Lipinski definition) is 5. The molecule has 1 aliphatic heterocycles. The Hall–Kier alpha value is -1.75. The van der Waals surface area contributed by atoms with E-state index in [0.717, 1.165) is 24.2 Å². The number of benzene rings is 1. The van der Waals surface area contributed by atoms with E-state index < -0.39 is 0 Å².